The lowest BCUT2D eigenvalue weighted by Gasteiger charge is -2.30. The van der Waals surface area contributed by atoms with E-state index in [-0.39, 0.29) is 5.91 Å². The fourth-order valence-electron chi connectivity index (χ4n) is 2.83. The number of hydrogen-bond acceptors (Lipinski definition) is 2. The molecule has 0 radical (unpaired) electrons. The Balaban J connectivity index is 2.15. The predicted molar refractivity (Wildman–Crippen MR) is 73.0 cm³/mol. The molecule has 0 saturated carbocycles. The lowest BCUT2D eigenvalue weighted by Crippen LogP contribution is -2.44. The molecule has 3 unspecified atom stereocenters. The molecule has 18 heavy (non-hydrogen) atoms. The SMILES string of the molecule is CCC1CCC(C)N1C(=O)C(N)c1ccccc1. The average Bonchev–Trinajstić information content (AvgIpc) is 2.79. The van der Waals surface area contributed by atoms with Crippen molar-refractivity contribution in [1.82, 2.24) is 4.90 Å². The maximum atomic E-state index is 12.5. The summed E-state index contributed by atoms with van der Waals surface area (Å²) >= 11 is 0. The van der Waals surface area contributed by atoms with Crippen LogP contribution in [-0.2, 0) is 4.79 Å². The van der Waals surface area contributed by atoms with E-state index in [0.29, 0.717) is 12.1 Å². The summed E-state index contributed by atoms with van der Waals surface area (Å²) in [5.74, 6) is 0.0676. The van der Waals surface area contributed by atoms with Gasteiger partial charge in [0.25, 0.3) is 0 Å². The van der Waals surface area contributed by atoms with Crippen molar-refractivity contribution >= 4 is 5.91 Å². The van der Waals surface area contributed by atoms with Crippen LogP contribution in [-0.4, -0.2) is 22.9 Å². The third kappa shape index (κ3) is 2.41. The predicted octanol–water partition coefficient (Wildman–Crippen LogP) is 2.48. The molecule has 1 aliphatic heterocycles. The van der Waals surface area contributed by atoms with E-state index in [1.807, 2.05) is 35.2 Å². The molecule has 0 bridgehead atoms. The number of nitrogens with two attached hydrogens (primary N) is 1. The van der Waals surface area contributed by atoms with Crippen molar-refractivity contribution in [3.63, 3.8) is 0 Å². The van der Waals surface area contributed by atoms with Gasteiger partial charge in [-0.1, -0.05) is 37.3 Å². The minimum atomic E-state index is -0.527. The van der Waals surface area contributed by atoms with Gasteiger partial charge in [0.2, 0.25) is 5.91 Å². The van der Waals surface area contributed by atoms with Gasteiger partial charge >= 0.3 is 0 Å². The van der Waals surface area contributed by atoms with Crippen LogP contribution in [0.25, 0.3) is 0 Å². The first-order chi connectivity index (χ1) is 8.65. The molecule has 0 aliphatic carbocycles. The number of likely N-dealkylation sites (tertiary alicyclic amines) is 1. The number of carbonyl (C=O) groups excluding carboxylic acids is 1. The quantitative estimate of drug-likeness (QED) is 0.890. The van der Waals surface area contributed by atoms with Crippen LogP contribution in [0.15, 0.2) is 30.3 Å². The fraction of sp³-hybridized carbons (Fsp3) is 0.533. The zero-order valence-corrected chi connectivity index (χ0v) is 11.2. The van der Waals surface area contributed by atoms with Gasteiger partial charge in [0, 0.05) is 12.1 Å². The fourth-order valence-corrected chi connectivity index (χ4v) is 2.83. The van der Waals surface area contributed by atoms with Crippen molar-refractivity contribution < 1.29 is 4.79 Å². The van der Waals surface area contributed by atoms with Gasteiger partial charge in [0.05, 0.1) is 0 Å². The molecule has 1 saturated heterocycles. The Morgan fingerprint density at radius 2 is 2.06 bits per heavy atom. The van der Waals surface area contributed by atoms with E-state index >= 15 is 0 Å². The van der Waals surface area contributed by atoms with Crippen LogP contribution in [0.2, 0.25) is 0 Å². The van der Waals surface area contributed by atoms with E-state index in [0.717, 1.165) is 24.8 Å². The standard InChI is InChI=1S/C15H22N2O/c1-3-13-10-9-11(2)17(13)15(18)14(16)12-7-5-4-6-8-12/h4-8,11,13-14H,3,9-10,16H2,1-2H3. The molecule has 3 atom stereocenters. The van der Waals surface area contributed by atoms with Gasteiger partial charge in [-0.15, -0.1) is 0 Å². The Kier molecular flexibility index (Phi) is 4.02. The van der Waals surface area contributed by atoms with E-state index in [2.05, 4.69) is 13.8 Å². The van der Waals surface area contributed by atoms with E-state index in [9.17, 15) is 4.79 Å². The lowest BCUT2D eigenvalue weighted by molar-refractivity contribution is -0.135. The topological polar surface area (TPSA) is 46.3 Å². The molecular formula is C15H22N2O. The summed E-state index contributed by atoms with van der Waals surface area (Å²) in [5, 5.41) is 0. The molecule has 1 aromatic carbocycles. The summed E-state index contributed by atoms with van der Waals surface area (Å²) in [6.07, 6.45) is 3.20. The molecule has 98 valence electrons. The highest BCUT2D eigenvalue weighted by Crippen LogP contribution is 2.28. The van der Waals surface area contributed by atoms with Crippen LogP contribution in [0.1, 0.15) is 44.7 Å². The first-order valence-corrected chi connectivity index (χ1v) is 6.77. The third-order valence-electron chi connectivity index (χ3n) is 3.94. The van der Waals surface area contributed by atoms with Crippen LogP contribution >= 0.6 is 0 Å². The normalized spacial score (nSPS) is 25.2. The third-order valence-corrected chi connectivity index (χ3v) is 3.94. The van der Waals surface area contributed by atoms with E-state index in [1.165, 1.54) is 0 Å². The van der Waals surface area contributed by atoms with Crippen LogP contribution < -0.4 is 5.73 Å². The zero-order valence-electron chi connectivity index (χ0n) is 11.2. The second-order valence-electron chi connectivity index (χ2n) is 5.12. The largest absolute Gasteiger partial charge is 0.335 e. The average molecular weight is 246 g/mol. The van der Waals surface area contributed by atoms with Crippen LogP contribution in [0.4, 0.5) is 0 Å². The second kappa shape index (κ2) is 5.53. The van der Waals surface area contributed by atoms with E-state index in [4.69, 9.17) is 5.73 Å². The Labute approximate surface area is 109 Å². The van der Waals surface area contributed by atoms with E-state index < -0.39 is 6.04 Å². The van der Waals surface area contributed by atoms with Gasteiger partial charge in [-0.3, -0.25) is 4.79 Å². The van der Waals surface area contributed by atoms with Gasteiger partial charge in [0.15, 0.2) is 0 Å². The summed E-state index contributed by atoms with van der Waals surface area (Å²) in [7, 11) is 0. The summed E-state index contributed by atoms with van der Waals surface area (Å²) in [6, 6.07) is 9.78. The van der Waals surface area contributed by atoms with Crippen molar-refractivity contribution in [1.29, 1.82) is 0 Å². The molecule has 3 heteroatoms. The number of hydrogen-bond donors (Lipinski definition) is 1. The molecule has 0 spiro atoms. The van der Waals surface area contributed by atoms with Crippen molar-refractivity contribution in [3.05, 3.63) is 35.9 Å². The molecule has 3 nitrogen and oxygen atoms in total. The van der Waals surface area contributed by atoms with Crippen molar-refractivity contribution in [2.45, 2.75) is 51.2 Å². The number of rotatable bonds is 3. The van der Waals surface area contributed by atoms with Gasteiger partial charge in [-0.2, -0.15) is 0 Å². The van der Waals surface area contributed by atoms with Gasteiger partial charge < -0.3 is 10.6 Å². The monoisotopic (exact) mass is 246 g/mol. The number of amides is 1. The highest BCUT2D eigenvalue weighted by atomic mass is 16.2. The van der Waals surface area contributed by atoms with Gasteiger partial charge in [-0.05, 0) is 31.7 Å². The van der Waals surface area contributed by atoms with Gasteiger partial charge in [0.1, 0.15) is 6.04 Å². The Morgan fingerprint density at radius 3 is 2.67 bits per heavy atom. The van der Waals surface area contributed by atoms with Crippen molar-refractivity contribution in [3.8, 4) is 0 Å². The minimum absolute atomic E-state index is 0.0676. The molecule has 1 aliphatic rings. The van der Waals surface area contributed by atoms with Crippen LogP contribution in [0.3, 0.4) is 0 Å². The first-order valence-electron chi connectivity index (χ1n) is 6.77. The molecule has 1 heterocycles. The summed E-state index contributed by atoms with van der Waals surface area (Å²) in [4.78, 5) is 14.5. The molecule has 1 fully saturated rings. The van der Waals surface area contributed by atoms with Crippen molar-refractivity contribution in [2.75, 3.05) is 0 Å². The molecule has 1 aromatic rings. The van der Waals surface area contributed by atoms with Gasteiger partial charge in [-0.25, -0.2) is 0 Å². The zero-order chi connectivity index (χ0) is 13.1. The van der Waals surface area contributed by atoms with Crippen LogP contribution in [0, 0.1) is 0 Å². The first kappa shape index (κ1) is 13.1. The summed E-state index contributed by atoms with van der Waals surface area (Å²) < 4.78 is 0. The molecule has 2 N–H and O–H groups in total. The minimum Gasteiger partial charge on any atom is -0.335 e. The number of nitrogens with zero attached hydrogens (tertiary/aromatic N) is 1. The summed E-state index contributed by atoms with van der Waals surface area (Å²) in [6.45, 7) is 4.25. The highest BCUT2D eigenvalue weighted by Gasteiger charge is 2.35. The Morgan fingerprint density at radius 1 is 1.39 bits per heavy atom. The van der Waals surface area contributed by atoms with E-state index in [1.54, 1.807) is 0 Å². The molecular weight excluding hydrogens is 224 g/mol. The molecule has 1 amide bonds. The molecule has 0 aromatic heterocycles. The molecule has 2 rings (SSSR count). The number of carbonyl (C=O) groups is 1. The second-order valence-corrected chi connectivity index (χ2v) is 5.12. The van der Waals surface area contributed by atoms with Crippen molar-refractivity contribution in [2.24, 2.45) is 5.73 Å². The number of benzene rings is 1. The highest BCUT2D eigenvalue weighted by molar-refractivity contribution is 5.83. The van der Waals surface area contributed by atoms with Crippen LogP contribution in [0.5, 0.6) is 0 Å². The maximum absolute atomic E-state index is 12.5. The smallest absolute Gasteiger partial charge is 0.244 e. The maximum Gasteiger partial charge on any atom is 0.244 e. The Hall–Kier alpha value is -1.35. The lowest BCUT2D eigenvalue weighted by atomic mass is 10.1. The summed E-state index contributed by atoms with van der Waals surface area (Å²) in [5.41, 5.74) is 7.01. The Bertz CT molecular complexity index is 404.